The first-order valence-electron chi connectivity index (χ1n) is 7.98. The second-order valence-electron chi connectivity index (χ2n) is 5.76. The number of carbonyl (C=O) groups is 1. The van der Waals surface area contributed by atoms with Crippen molar-refractivity contribution in [2.75, 3.05) is 13.1 Å². The Kier molecular flexibility index (Phi) is 4.86. The molecule has 1 fully saturated rings. The predicted molar refractivity (Wildman–Crippen MR) is 89.6 cm³/mol. The van der Waals surface area contributed by atoms with Crippen molar-refractivity contribution in [3.63, 3.8) is 0 Å². The van der Waals surface area contributed by atoms with E-state index in [1.165, 1.54) is 16.7 Å². The van der Waals surface area contributed by atoms with Gasteiger partial charge in [0.15, 0.2) is 0 Å². The van der Waals surface area contributed by atoms with Gasteiger partial charge in [0, 0.05) is 6.54 Å². The van der Waals surface area contributed by atoms with Crippen LogP contribution in [-0.2, 0) is 11.2 Å². The van der Waals surface area contributed by atoms with Crippen LogP contribution in [0.4, 0.5) is 0 Å². The molecule has 1 aliphatic rings. The van der Waals surface area contributed by atoms with Gasteiger partial charge in [-0.3, -0.25) is 4.79 Å². The van der Waals surface area contributed by atoms with Gasteiger partial charge in [0.05, 0.1) is 6.04 Å². The monoisotopic (exact) mass is 294 g/mol. The van der Waals surface area contributed by atoms with Gasteiger partial charge in [0.1, 0.15) is 0 Å². The summed E-state index contributed by atoms with van der Waals surface area (Å²) in [4.78, 5) is 12.0. The van der Waals surface area contributed by atoms with Crippen molar-refractivity contribution in [2.24, 2.45) is 0 Å². The van der Waals surface area contributed by atoms with Crippen molar-refractivity contribution in [3.8, 4) is 11.1 Å². The van der Waals surface area contributed by atoms with E-state index in [0.29, 0.717) is 6.54 Å². The summed E-state index contributed by atoms with van der Waals surface area (Å²) in [6.45, 7) is 1.65. The molecule has 2 aromatic carbocycles. The zero-order valence-corrected chi connectivity index (χ0v) is 12.7. The van der Waals surface area contributed by atoms with E-state index in [0.717, 1.165) is 25.8 Å². The number of nitrogens with one attached hydrogen (secondary N) is 2. The zero-order valence-electron chi connectivity index (χ0n) is 12.7. The quantitative estimate of drug-likeness (QED) is 0.890. The number of hydrogen-bond acceptors (Lipinski definition) is 2. The summed E-state index contributed by atoms with van der Waals surface area (Å²) >= 11 is 0. The van der Waals surface area contributed by atoms with Crippen LogP contribution in [0.2, 0.25) is 0 Å². The van der Waals surface area contributed by atoms with E-state index in [9.17, 15) is 4.79 Å². The molecule has 1 aliphatic heterocycles. The highest BCUT2D eigenvalue weighted by Gasteiger charge is 2.21. The van der Waals surface area contributed by atoms with Crippen LogP contribution in [0.3, 0.4) is 0 Å². The predicted octanol–water partition coefficient (Wildman–Crippen LogP) is 2.76. The molecule has 0 radical (unpaired) electrons. The van der Waals surface area contributed by atoms with Crippen molar-refractivity contribution in [2.45, 2.75) is 25.3 Å². The van der Waals surface area contributed by atoms with Gasteiger partial charge in [-0.05, 0) is 42.5 Å². The van der Waals surface area contributed by atoms with Crippen LogP contribution in [0.15, 0.2) is 54.6 Å². The third kappa shape index (κ3) is 3.74. The molecule has 0 spiro atoms. The molecule has 22 heavy (non-hydrogen) atoms. The molecule has 1 saturated heterocycles. The molecule has 1 unspecified atom stereocenters. The molecule has 0 aromatic heterocycles. The zero-order chi connectivity index (χ0) is 15.2. The Morgan fingerprint density at radius 2 is 1.91 bits per heavy atom. The van der Waals surface area contributed by atoms with Gasteiger partial charge >= 0.3 is 0 Å². The van der Waals surface area contributed by atoms with Crippen molar-refractivity contribution in [3.05, 3.63) is 60.2 Å². The van der Waals surface area contributed by atoms with Crippen molar-refractivity contribution in [1.29, 1.82) is 0 Å². The van der Waals surface area contributed by atoms with Gasteiger partial charge in [-0.2, -0.15) is 0 Å². The molecule has 2 aromatic rings. The lowest BCUT2D eigenvalue weighted by Gasteiger charge is -2.11. The maximum Gasteiger partial charge on any atom is 0.237 e. The molecule has 3 rings (SSSR count). The van der Waals surface area contributed by atoms with Crippen LogP contribution in [0.5, 0.6) is 0 Å². The molecular weight excluding hydrogens is 272 g/mol. The minimum atomic E-state index is 0.00986. The van der Waals surface area contributed by atoms with Crippen LogP contribution in [-0.4, -0.2) is 25.0 Å². The van der Waals surface area contributed by atoms with Crippen molar-refractivity contribution in [1.82, 2.24) is 10.6 Å². The van der Waals surface area contributed by atoms with Crippen LogP contribution >= 0.6 is 0 Å². The molecule has 3 nitrogen and oxygen atoms in total. The SMILES string of the molecule is O=C(NCCc1cccc(-c2ccccc2)c1)C1CCCN1. The average Bonchev–Trinajstić information content (AvgIpc) is 3.10. The molecule has 1 amide bonds. The topological polar surface area (TPSA) is 41.1 Å². The van der Waals surface area contributed by atoms with E-state index in [1.54, 1.807) is 0 Å². The van der Waals surface area contributed by atoms with Gasteiger partial charge in [0.2, 0.25) is 5.91 Å². The first kappa shape index (κ1) is 14.8. The molecule has 114 valence electrons. The summed E-state index contributed by atoms with van der Waals surface area (Å²) in [5, 5.41) is 6.25. The van der Waals surface area contributed by atoms with Crippen LogP contribution in [0.25, 0.3) is 11.1 Å². The third-order valence-electron chi connectivity index (χ3n) is 4.12. The van der Waals surface area contributed by atoms with E-state index in [2.05, 4.69) is 59.2 Å². The molecule has 1 heterocycles. The summed E-state index contributed by atoms with van der Waals surface area (Å²) in [5.74, 6) is 0.136. The fourth-order valence-electron chi connectivity index (χ4n) is 2.90. The van der Waals surface area contributed by atoms with E-state index in [4.69, 9.17) is 0 Å². The Hall–Kier alpha value is -2.13. The Labute approximate surface area is 131 Å². The first-order chi connectivity index (χ1) is 10.8. The summed E-state index contributed by atoms with van der Waals surface area (Å²) in [5.41, 5.74) is 3.70. The Morgan fingerprint density at radius 3 is 2.68 bits per heavy atom. The van der Waals surface area contributed by atoms with E-state index >= 15 is 0 Å². The Balaban J connectivity index is 1.56. The van der Waals surface area contributed by atoms with E-state index in [1.807, 2.05) is 6.07 Å². The lowest BCUT2D eigenvalue weighted by atomic mass is 10.0. The largest absolute Gasteiger partial charge is 0.354 e. The first-order valence-corrected chi connectivity index (χ1v) is 7.98. The Morgan fingerprint density at radius 1 is 1.09 bits per heavy atom. The summed E-state index contributed by atoms with van der Waals surface area (Å²) in [6, 6.07) is 18.9. The molecule has 0 aliphatic carbocycles. The van der Waals surface area contributed by atoms with Crippen LogP contribution in [0.1, 0.15) is 18.4 Å². The number of amides is 1. The fourth-order valence-corrected chi connectivity index (χ4v) is 2.90. The fraction of sp³-hybridized carbons (Fsp3) is 0.316. The lowest BCUT2D eigenvalue weighted by molar-refractivity contribution is -0.122. The maximum atomic E-state index is 12.0. The van der Waals surface area contributed by atoms with Gasteiger partial charge in [-0.25, -0.2) is 0 Å². The summed E-state index contributed by atoms with van der Waals surface area (Å²) < 4.78 is 0. The average molecular weight is 294 g/mol. The van der Waals surface area contributed by atoms with Gasteiger partial charge < -0.3 is 10.6 Å². The smallest absolute Gasteiger partial charge is 0.237 e. The number of hydrogen-bond donors (Lipinski definition) is 2. The Bertz CT molecular complexity index is 618. The molecular formula is C19H22N2O. The van der Waals surface area contributed by atoms with Crippen LogP contribution in [0, 0.1) is 0 Å². The molecule has 1 atom stereocenters. The third-order valence-corrected chi connectivity index (χ3v) is 4.12. The highest BCUT2D eigenvalue weighted by molar-refractivity contribution is 5.82. The highest BCUT2D eigenvalue weighted by Crippen LogP contribution is 2.20. The summed E-state index contributed by atoms with van der Waals surface area (Å²) in [6.07, 6.45) is 2.91. The molecule has 0 saturated carbocycles. The standard InChI is InChI=1S/C19H22N2O/c22-19(18-10-5-12-20-18)21-13-11-15-6-4-9-17(14-15)16-7-2-1-3-8-16/h1-4,6-9,14,18,20H,5,10-13H2,(H,21,22). The van der Waals surface area contributed by atoms with Gasteiger partial charge in [0.25, 0.3) is 0 Å². The van der Waals surface area contributed by atoms with Crippen molar-refractivity contribution < 1.29 is 4.79 Å². The van der Waals surface area contributed by atoms with Gasteiger partial charge in [-0.1, -0.05) is 54.6 Å². The normalized spacial score (nSPS) is 17.4. The number of carbonyl (C=O) groups excluding carboxylic acids is 1. The van der Waals surface area contributed by atoms with Crippen LogP contribution < -0.4 is 10.6 Å². The lowest BCUT2D eigenvalue weighted by Crippen LogP contribution is -2.41. The second kappa shape index (κ2) is 7.23. The minimum absolute atomic E-state index is 0.00986. The molecule has 2 N–H and O–H groups in total. The van der Waals surface area contributed by atoms with E-state index in [-0.39, 0.29) is 11.9 Å². The maximum absolute atomic E-state index is 12.0. The minimum Gasteiger partial charge on any atom is -0.354 e. The van der Waals surface area contributed by atoms with Crippen molar-refractivity contribution >= 4 is 5.91 Å². The number of benzene rings is 2. The highest BCUT2D eigenvalue weighted by atomic mass is 16.2. The van der Waals surface area contributed by atoms with E-state index < -0.39 is 0 Å². The summed E-state index contributed by atoms with van der Waals surface area (Å²) in [7, 11) is 0. The number of rotatable bonds is 5. The molecule has 3 heteroatoms. The van der Waals surface area contributed by atoms with Gasteiger partial charge in [-0.15, -0.1) is 0 Å². The second-order valence-corrected chi connectivity index (χ2v) is 5.76. The molecule has 0 bridgehead atoms.